The molecule has 1 aliphatic heterocycles. The number of aromatic amines is 1. The monoisotopic (exact) mass is 373 g/mol. The van der Waals surface area contributed by atoms with Crippen molar-refractivity contribution in [3.63, 3.8) is 0 Å². The number of nitrogens with zero attached hydrogens (tertiary/aromatic N) is 2. The summed E-state index contributed by atoms with van der Waals surface area (Å²) in [5, 5.41) is 3.25. The normalized spacial score (nSPS) is 16.6. The van der Waals surface area contributed by atoms with Gasteiger partial charge in [-0.25, -0.2) is 4.98 Å². The number of halogens is 1. The Bertz CT molecular complexity index is 957. The molecule has 130 valence electrons. The van der Waals surface area contributed by atoms with Gasteiger partial charge in [-0.05, 0) is 37.9 Å². The molecular weight excluding hydrogens is 354 g/mol. The summed E-state index contributed by atoms with van der Waals surface area (Å²) in [6, 6.07) is 7.60. The minimum Gasteiger partial charge on any atom is -0.309 e. The first-order valence-electron chi connectivity index (χ1n) is 8.59. The van der Waals surface area contributed by atoms with E-state index in [1.165, 1.54) is 24.2 Å². The minimum absolute atomic E-state index is 0.0819. The van der Waals surface area contributed by atoms with E-state index in [9.17, 15) is 4.79 Å². The number of aromatic nitrogens is 2. The molecule has 0 aliphatic carbocycles. The van der Waals surface area contributed by atoms with Gasteiger partial charge in [-0.3, -0.25) is 9.69 Å². The lowest BCUT2D eigenvalue weighted by atomic mass is 9.99. The maximum atomic E-state index is 12.7. The Morgan fingerprint density at radius 2 is 2.04 bits per heavy atom. The number of rotatable bonds is 3. The lowest BCUT2D eigenvalue weighted by Crippen LogP contribution is -2.33. The molecule has 0 spiro atoms. The van der Waals surface area contributed by atoms with Crippen molar-refractivity contribution in [2.75, 3.05) is 13.1 Å². The molecule has 0 radical (unpaired) electrons. The first-order valence-corrected chi connectivity index (χ1v) is 9.85. The molecular formula is C19H20ClN3OS. The molecule has 25 heavy (non-hydrogen) atoms. The number of benzene rings is 1. The fourth-order valence-corrected chi connectivity index (χ4v) is 4.57. The SMILES string of the molecule is CC1CCN(Cc2nc3scc(-c4ccccc4Cl)c3c(=O)[nH]2)CC1. The average molecular weight is 374 g/mol. The molecule has 3 aromatic rings. The predicted molar refractivity (Wildman–Crippen MR) is 104 cm³/mol. The van der Waals surface area contributed by atoms with E-state index >= 15 is 0 Å². The molecule has 0 saturated carbocycles. The molecule has 1 aliphatic rings. The Hall–Kier alpha value is -1.69. The molecule has 4 rings (SSSR count). The number of fused-ring (bicyclic) bond motifs is 1. The summed E-state index contributed by atoms with van der Waals surface area (Å²) in [6.07, 6.45) is 2.42. The van der Waals surface area contributed by atoms with Gasteiger partial charge in [-0.15, -0.1) is 11.3 Å². The highest BCUT2D eigenvalue weighted by atomic mass is 35.5. The molecule has 6 heteroatoms. The molecule has 1 N–H and O–H groups in total. The van der Waals surface area contributed by atoms with Gasteiger partial charge >= 0.3 is 0 Å². The number of H-pyrrole nitrogens is 1. The van der Waals surface area contributed by atoms with Gasteiger partial charge < -0.3 is 4.98 Å². The number of thiophene rings is 1. The van der Waals surface area contributed by atoms with Crippen LogP contribution in [0, 0.1) is 5.92 Å². The number of likely N-dealkylation sites (tertiary alicyclic amines) is 1. The first kappa shape index (κ1) is 16.8. The molecule has 2 aromatic heterocycles. The number of piperidine rings is 1. The number of hydrogen-bond acceptors (Lipinski definition) is 4. The zero-order valence-corrected chi connectivity index (χ0v) is 15.7. The highest BCUT2D eigenvalue weighted by Crippen LogP contribution is 2.34. The Morgan fingerprint density at radius 3 is 2.80 bits per heavy atom. The number of hydrogen-bond donors (Lipinski definition) is 1. The van der Waals surface area contributed by atoms with Crippen molar-refractivity contribution in [1.29, 1.82) is 0 Å². The van der Waals surface area contributed by atoms with E-state index in [1.54, 1.807) is 0 Å². The van der Waals surface area contributed by atoms with E-state index in [-0.39, 0.29) is 5.56 Å². The van der Waals surface area contributed by atoms with Crippen molar-refractivity contribution in [3.8, 4) is 11.1 Å². The van der Waals surface area contributed by atoms with Gasteiger partial charge in [0.2, 0.25) is 0 Å². The van der Waals surface area contributed by atoms with Crippen LogP contribution in [-0.4, -0.2) is 28.0 Å². The van der Waals surface area contributed by atoms with Crippen LogP contribution in [0.25, 0.3) is 21.3 Å². The Kier molecular flexibility index (Phi) is 4.63. The van der Waals surface area contributed by atoms with Crippen LogP contribution in [0.15, 0.2) is 34.4 Å². The topological polar surface area (TPSA) is 49.0 Å². The Labute approximate surface area is 155 Å². The van der Waals surface area contributed by atoms with E-state index in [1.807, 2.05) is 29.6 Å². The summed E-state index contributed by atoms with van der Waals surface area (Å²) < 4.78 is 0. The Balaban J connectivity index is 1.68. The van der Waals surface area contributed by atoms with Crippen LogP contribution in [0.1, 0.15) is 25.6 Å². The average Bonchev–Trinajstić information content (AvgIpc) is 3.02. The van der Waals surface area contributed by atoms with Crippen LogP contribution in [0.4, 0.5) is 0 Å². The van der Waals surface area contributed by atoms with Gasteiger partial charge in [0, 0.05) is 21.5 Å². The third-order valence-electron chi connectivity index (χ3n) is 4.91. The second-order valence-corrected chi connectivity index (χ2v) is 8.05. The summed E-state index contributed by atoms with van der Waals surface area (Å²) >= 11 is 7.81. The predicted octanol–water partition coefficient (Wildman–Crippen LogP) is 4.54. The molecule has 0 amide bonds. The van der Waals surface area contributed by atoms with E-state index in [0.717, 1.165) is 40.8 Å². The van der Waals surface area contributed by atoms with Crippen LogP contribution in [0.3, 0.4) is 0 Å². The second-order valence-electron chi connectivity index (χ2n) is 6.78. The van der Waals surface area contributed by atoms with Gasteiger partial charge in [-0.2, -0.15) is 0 Å². The van der Waals surface area contributed by atoms with Crippen molar-refractivity contribution in [3.05, 3.63) is 50.8 Å². The smallest absolute Gasteiger partial charge is 0.260 e. The van der Waals surface area contributed by atoms with Crippen LogP contribution in [-0.2, 0) is 6.54 Å². The third kappa shape index (κ3) is 3.36. The van der Waals surface area contributed by atoms with E-state index in [2.05, 4.69) is 16.8 Å². The van der Waals surface area contributed by atoms with Gasteiger partial charge in [0.1, 0.15) is 10.7 Å². The highest BCUT2D eigenvalue weighted by molar-refractivity contribution is 7.17. The van der Waals surface area contributed by atoms with Gasteiger partial charge in [0.05, 0.1) is 11.9 Å². The second kappa shape index (κ2) is 6.90. The lowest BCUT2D eigenvalue weighted by Gasteiger charge is -2.29. The molecule has 1 fully saturated rings. The molecule has 0 atom stereocenters. The van der Waals surface area contributed by atoms with Crippen molar-refractivity contribution in [2.45, 2.75) is 26.3 Å². The van der Waals surface area contributed by atoms with Crippen molar-refractivity contribution in [2.24, 2.45) is 5.92 Å². The van der Waals surface area contributed by atoms with Crippen LogP contribution >= 0.6 is 22.9 Å². The van der Waals surface area contributed by atoms with E-state index in [4.69, 9.17) is 16.6 Å². The van der Waals surface area contributed by atoms with Crippen LogP contribution in [0.2, 0.25) is 5.02 Å². The van der Waals surface area contributed by atoms with Crippen molar-refractivity contribution >= 4 is 33.2 Å². The lowest BCUT2D eigenvalue weighted by molar-refractivity contribution is 0.181. The maximum absolute atomic E-state index is 12.7. The van der Waals surface area contributed by atoms with Crippen molar-refractivity contribution < 1.29 is 0 Å². The van der Waals surface area contributed by atoms with Gasteiger partial charge in [0.15, 0.2) is 0 Å². The zero-order valence-electron chi connectivity index (χ0n) is 14.1. The molecule has 3 heterocycles. The van der Waals surface area contributed by atoms with Gasteiger partial charge in [0.25, 0.3) is 5.56 Å². The zero-order chi connectivity index (χ0) is 17.4. The maximum Gasteiger partial charge on any atom is 0.260 e. The van der Waals surface area contributed by atoms with E-state index in [0.29, 0.717) is 17.0 Å². The largest absolute Gasteiger partial charge is 0.309 e. The fraction of sp³-hybridized carbons (Fsp3) is 0.368. The van der Waals surface area contributed by atoms with E-state index < -0.39 is 0 Å². The molecule has 0 bridgehead atoms. The molecule has 1 aromatic carbocycles. The standard InChI is InChI=1S/C19H20ClN3OS/c1-12-6-8-23(9-7-12)10-16-21-18(24)17-14(11-25-19(17)22-16)13-4-2-3-5-15(13)20/h2-5,11-12H,6-10H2,1H3,(H,21,22,24). The molecule has 0 unspecified atom stereocenters. The molecule has 1 saturated heterocycles. The molecule has 4 nitrogen and oxygen atoms in total. The number of nitrogens with one attached hydrogen (secondary N) is 1. The quantitative estimate of drug-likeness (QED) is 0.733. The Morgan fingerprint density at radius 1 is 1.28 bits per heavy atom. The fourth-order valence-electron chi connectivity index (χ4n) is 3.38. The van der Waals surface area contributed by atoms with Gasteiger partial charge in [-0.1, -0.05) is 36.7 Å². The third-order valence-corrected chi connectivity index (χ3v) is 6.11. The van der Waals surface area contributed by atoms with Crippen LogP contribution in [0.5, 0.6) is 0 Å². The van der Waals surface area contributed by atoms with Crippen molar-refractivity contribution in [1.82, 2.24) is 14.9 Å². The highest BCUT2D eigenvalue weighted by Gasteiger charge is 2.18. The summed E-state index contributed by atoms with van der Waals surface area (Å²) in [5.74, 6) is 1.54. The summed E-state index contributed by atoms with van der Waals surface area (Å²) in [6.45, 7) is 5.14. The summed E-state index contributed by atoms with van der Waals surface area (Å²) in [4.78, 5) is 23.5. The van der Waals surface area contributed by atoms with Crippen LogP contribution < -0.4 is 5.56 Å². The summed E-state index contributed by atoms with van der Waals surface area (Å²) in [7, 11) is 0. The summed E-state index contributed by atoms with van der Waals surface area (Å²) in [5.41, 5.74) is 1.65. The first-order chi connectivity index (χ1) is 12.1. The minimum atomic E-state index is -0.0819.